The SMILES string of the molecule is COc1ccc(CNc2nccc3c(N4CCC5(CC(COc6ccn7ccnc7c6)C5)C4)cccc23)c(OC)c1. The summed E-state index contributed by atoms with van der Waals surface area (Å²) >= 11 is 0. The summed E-state index contributed by atoms with van der Waals surface area (Å²) in [5.74, 6) is 3.96. The quantitative estimate of drug-likeness (QED) is 0.235. The summed E-state index contributed by atoms with van der Waals surface area (Å²) in [6.45, 7) is 3.55. The lowest BCUT2D eigenvalue weighted by Gasteiger charge is -2.45. The minimum atomic E-state index is 0.391. The number of methoxy groups -OCH3 is 2. The summed E-state index contributed by atoms with van der Waals surface area (Å²) in [6, 6.07) is 18.6. The first kappa shape index (κ1) is 25.5. The number of imidazole rings is 1. The molecule has 1 N–H and O–H groups in total. The lowest BCUT2D eigenvalue weighted by Crippen LogP contribution is -2.42. The molecular formula is C33H35N5O3. The molecule has 7 rings (SSSR count). The summed E-state index contributed by atoms with van der Waals surface area (Å²) in [5, 5.41) is 5.91. The Hall–Kier alpha value is -4.46. The van der Waals surface area contributed by atoms with Crippen molar-refractivity contribution in [3.05, 3.63) is 84.9 Å². The monoisotopic (exact) mass is 549 g/mol. The summed E-state index contributed by atoms with van der Waals surface area (Å²) in [6.07, 6.45) is 11.3. The standard InChI is InChI=1S/C33H35N5O3/c1-39-25-7-6-24(30(16-25)40-2)20-36-32-28-4-3-5-29(27(28)8-11-35-32)38-14-10-33(22-38)18-23(19-33)21-41-26-9-13-37-15-12-34-31(37)17-26/h3-9,11-13,15-17,23H,10,14,18-22H2,1-2H3,(H,35,36). The highest BCUT2D eigenvalue weighted by Gasteiger charge is 2.48. The van der Waals surface area contributed by atoms with E-state index < -0.39 is 0 Å². The Morgan fingerprint density at radius 2 is 1.85 bits per heavy atom. The number of benzene rings is 2. The molecule has 1 saturated heterocycles. The van der Waals surface area contributed by atoms with Gasteiger partial charge in [0.05, 0.1) is 20.8 Å². The molecule has 41 heavy (non-hydrogen) atoms. The second kappa shape index (κ2) is 10.5. The summed E-state index contributed by atoms with van der Waals surface area (Å²) in [7, 11) is 3.35. The van der Waals surface area contributed by atoms with Gasteiger partial charge in [-0.3, -0.25) is 0 Å². The number of nitrogens with one attached hydrogen (secondary N) is 1. The van der Waals surface area contributed by atoms with Crippen LogP contribution in [-0.2, 0) is 6.54 Å². The van der Waals surface area contributed by atoms with E-state index >= 15 is 0 Å². The third-order valence-corrected chi connectivity index (χ3v) is 8.80. The molecule has 1 saturated carbocycles. The van der Waals surface area contributed by atoms with Crippen LogP contribution >= 0.6 is 0 Å². The van der Waals surface area contributed by atoms with E-state index in [1.807, 2.05) is 59.5 Å². The van der Waals surface area contributed by atoms with Gasteiger partial charge in [0.15, 0.2) is 0 Å². The molecule has 2 aromatic carbocycles. The normalized spacial score (nSPS) is 20.0. The predicted octanol–water partition coefficient (Wildman–Crippen LogP) is 6.20. The van der Waals surface area contributed by atoms with Gasteiger partial charge >= 0.3 is 0 Å². The van der Waals surface area contributed by atoms with Crippen molar-refractivity contribution < 1.29 is 14.2 Å². The fourth-order valence-corrected chi connectivity index (χ4v) is 6.74. The van der Waals surface area contributed by atoms with Gasteiger partial charge in [-0.15, -0.1) is 0 Å². The van der Waals surface area contributed by atoms with Gasteiger partial charge in [0.1, 0.15) is 28.7 Å². The Bertz CT molecular complexity index is 1690. The minimum absolute atomic E-state index is 0.391. The molecule has 2 aliphatic rings. The van der Waals surface area contributed by atoms with E-state index in [4.69, 9.17) is 14.2 Å². The van der Waals surface area contributed by atoms with Crippen LogP contribution in [0.15, 0.2) is 79.4 Å². The van der Waals surface area contributed by atoms with Crippen molar-refractivity contribution in [1.82, 2.24) is 14.4 Å². The van der Waals surface area contributed by atoms with Crippen molar-refractivity contribution in [3.8, 4) is 17.2 Å². The lowest BCUT2D eigenvalue weighted by molar-refractivity contribution is 0.0420. The third kappa shape index (κ3) is 4.88. The smallest absolute Gasteiger partial charge is 0.140 e. The van der Waals surface area contributed by atoms with Crippen LogP contribution in [0.4, 0.5) is 11.5 Å². The zero-order valence-electron chi connectivity index (χ0n) is 23.5. The third-order valence-electron chi connectivity index (χ3n) is 8.80. The summed E-state index contributed by atoms with van der Waals surface area (Å²) < 4.78 is 19.1. The van der Waals surface area contributed by atoms with Crippen LogP contribution < -0.4 is 24.4 Å². The average molecular weight is 550 g/mol. The molecule has 4 heterocycles. The molecule has 210 valence electrons. The maximum Gasteiger partial charge on any atom is 0.140 e. The van der Waals surface area contributed by atoms with Crippen LogP contribution in [0.25, 0.3) is 16.4 Å². The molecule has 0 atom stereocenters. The van der Waals surface area contributed by atoms with Crippen molar-refractivity contribution in [2.24, 2.45) is 11.3 Å². The number of hydrogen-bond donors (Lipinski definition) is 1. The predicted molar refractivity (Wildman–Crippen MR) is 161 cm³/mol. The summed E-state index contributed by atoms with van der Waals surface area (Å²) in [4.78, 5) is 11.6. The molecule has 0 amide bonds. The Morgan fingerprint density at radius 1 is 0.927 bits per heavy atom. The van der Waals surface area contributed by atoms with Crippen molar-refractivity contribution in [2.75, 3.05) is 44.1 Å². The van der Waals surface area contributed by atoms with E-state index in [0.29, 0.717) is 17.9 Å². The zero-order chi connectivity index (χ0) is 27.8. The van der Waals surface area contributed by atoms with Gasteiger partial charge in [-0.05, 0) is 60.9 Å². The first-order valence-corrected chi connectivity index (χ1v) is 14.3. The lowest BCUT2D eigenvalue weighted by atomic mass is 9.62. The van der Waals surface area contributed by atoms with E-state index in [2.05, 4.69) is 44.5 Å². The molecule has 1 spiro atoms. The number of aromatic nitrogens is 3. The number of anilines is 2. The van der Waals surface area contributed by atoms with Crippen molar-refractivity contribution in [3.63, 3.8) is 0 Å². The van der Waals surface area contributed by atoms with E-state index in [1.54, 1.807) is 14.2 Å². The van der Waals surface area contributed by atoms with E-state index in [1.165, 1.54) is 30.3 Å². The molecule has 0 bridgehead atoms. The van der Waals surface area contributed by atoms with Crippen LogP contribution in [-0.4, -0.2) is 48.3 Å². The average Bonchev–Trinajstić information content (AvgIpc) is 3.65. The van der Waals surface area contributed by atoms with Crippen LogP contribution in [0.2, 0.25) is 0 Å². The minimum Gasteiger partial charge on any atom is -0.497 e. The molecule has 8 heteroatoms. The Morgan fingerprint density at radius 3 is 2.73 bits per heavy atom. The fraction of sp³-hybridized carbons (Fsp3) is 0.333. The van der Waals surface area contributed by atoms with Crippen molar-refractivity contribution in [1.29, 1.82) is 0 Å². The largest absolute Gasteiger partial charge is 0.497 e. The molecular weight excluding hydrogens is 514 g/mol. The van der Waals surface area contributed by atoms with Gasteiger partial charge in [0, 0.05) is 78.6 Å². The molecule has 5 aromatic rings. The van der Waals surface area contributed by atoms with E-state index in [0.717, 1.165) is 59.4 Å². The first-order valence-electron chi connectivity index (χ1n) is 14.3. The van der Waals surface area contributed by atoms with E-state index in [9.17, 15) is 0 Å². The molecule has 1 aliphatic carbocycles. The zero-order valence-corrected chi connectivity index (χ0v) is 23.5. The molecule has 8 nitrogen and oxygen atoms in total. The number of rotatable bonds is 9. The molecule has 2 fully saturated rings. The van der Waals surface area contributed by atoms with Crippen LogP contribution in [0.3, 0.4) is 0 Å². The fourth-order valence-electron chi connectivity index (χ4n) is 6.74. The maximum absolute atomic E-state index is 6.16. The van der Waals surface area contributed by atoms with Crippen molar-refractivity contribution >= 4 is 27.9 Å². The van der Waals surface area contributed by atoms with E-state index in [-0.39, 0.29) is 0 Å². The number of ether oxygens (including phenoxy) is 3. The van der Waals surface area contributed by atoms with Gasteiger partial charge in [-0.25, -0.2) is 9.97 Å². The number of hydrogen-bond acceptors (Lipinski definition) is 7. The molecule has 1 aliphatic heterocycles. The number of fused-ring (bicyclic) bond motifs is 2. The molecule has 0 radical (unpaired) electrons. The van der Waals surface area contributed by atoms with Gasteiger partial charge in [-0.2, -0.15) is 0 Å². The van der Waals surface area contributed by atoms with Gasteiger partial charge in [0.25, 0.3) is 0 Å². The first-order chi connectivity index (χ1) is 20.1. The second-order valence-corrected chi connectivity index (χ2v) is 11.4. The topological polar surface area (TPSA) is 73.2 Å². The van der Waals surface area contributed by atoms with Gasteiger partial charge in [0.2, 0.25) is 0 Å². The summed E-state index contributed by atoms with van der Waals surface area (Å²) in [5.41, 5.74) is 3.65. The van der Waals surface area contributed by atoms with Crippen molar-refractivity contribution in [2.45, 2.75) is 25.8 Å². The van der Waals surface area contributed by atoms with Crippen LogP contribution in [0.5, 0.6) is 17.2 Å². The Kier molecular flexibility index (Phi) is 6.53. The maximum atomic E-state index is 6.16. The van der Waals surface area contributed by atoms with Gasteiger partial charge in [-0.1, -0.05) is 12.1 Å². The highest BCUT2D eigenvalue weighted by Crippen LogP contribution is 2.53. The molecule has 3 aromatic heterocycles. The Balaban J connectivity index is 1.01. The Labute approximate surface area is 239 Å². The molecule has 0 unspecified atom stereocenters. The van der Waals surface area contributed by atoms with Crippen LogP contribution in [0, 0.1) is 11.3 Å². The number of pyridine rings is 2. The highest BCUT2D eigenvalue weighted by atomic mass is 16.5. The second-order valence-electron chi connectivity index (χ2n) is 11.4. The highest BCUT2D eigenvalue weighted by molar-refractivity contribution is 6.00. The van der Waals surface area contributed by atoms with Gasteiger partial charge < -0.3 is 28.8 Å². The number of nitrogens with zero attached hydrogens (tertiary/aromatic N) is 4. The van der Waals surface area contributed by atoms with Crippen LogP contribution in [0.1, 0.15) is 24.8 Å².